The van der Waals surface area contributed by atoms with Crippen LogP contribution in [-0.4, -0.2) is 42.7 Å². The molecule has 5 rings (SSSR count). The van der Waals surface area contributed by atoms with Crippen molar-refractivity contribution in [2.45, 2.75) is 13.0 Å². The normalized spacial score (nSPS) is 13.6. The maximum Gasteiger partial charge on any atom is 0.270 e. The van der Waals surface area contributed by atoms with E-state index >= 15 is 0 Å². The predicted molar refractivity (Wildman–Crippen MR) is 114 cm³/mol. The van der Waals surface area contributed by atoms with Crippen LogP contribution in [-0.2, 0) is 13.0 Å². The predicted octanol–water partition coefficient (Wildman–Crippen LogP) is 4.47. The van der Waals surface area contributed by atoms with Crippen LogP contribution in [0.3, 0.4) is 0 Å². The second-order valence-corrected chi connectivity index (χ2v) is 8.09. The number of hydrogen-bond donors (Lipinski definition) is 4. The number of aromatic amines is 2. The highest BCUT2D eigenvalue weighted by atomic mass is 35.5. The molecule has 2 aromatic carbocycles. The summed E-state index contributed by atoms with van der Waals surface area (Å²) in [6, 6.07) is 9.86. The molecule has 0 bridgehead atoms. The Balaban J connectivity index is 1.48. The SMILES string of the molecule is O=C(c1cc2cc(Cl)ccc2[nH]1)N1CCc2[nH]nc(-c3cc(Cl)c(O)cc3O)c2C1. The molecule has 7 nitrogen and oxygen atoms in total. The molecule has 2 aromatic heterocycles. The van der Waals surface area contributed by atoms with Gasteiger partial charge in [-0.2, -0.15) is 5.10 Å². The molecule has 0 atom stereocenters. The average molecular weight is 443 g/mol. The summed E-state index contributed by atoms with van der Waals surface area (Å²) >= 11 is 12.1. The minimum Gasteiger partial charge on any atom is -0.507 e. The third-order valence-corrected chi connectivity index (χ3v) is 5.89. The fraction of sp³-hybridized carbons (Fsp3) is 0.143. The van der Waals surface area contributed by atoms with Crippen molar-refractivity contribution >= 4 is 40.0 Å². The van der Waals surface area contributed by atoms with Gasteiger partial charge < -0.3 is 20.1 Å². The molecule has 0 unspecified atom stereocenters. The van der Waals surface area contributed by atoms with Gasteiger partial charge in [-0.15, -0.1) is 0 Å². The van der Waals surface area contributed by atoms with Gasteiger partial charge in [0.25, 0.3) is 5.91 Å². The summed E-state index contributed by atoms with van der Waals surface area (Å²) < 4.78 is 0. The fourth-order valence-electron chi connectivity index (χ4n) is 3.82. The molecule has 1 aliphatic rings. The second kappa shape index (κ2) is 6.97. The Morgan fingerprint density at radius 2 is 1.93 bits per heavy atom. The summed E-state index contributed by atoms with van der Waals surface area (Å²) in [6.45, 7) is 0.861. The number of phenols is 2. The molecule has 0 radical (unpaired) electrons. The van der Waals surface area contributed by atoms with E-state index < -0.39 is 0 Å². The lowest BCUT2D eigenvalue weighted by Gasteiger charge is -2.27. The average Bonchev–Trinajstić information content (AvgIpc) is 3.33. The number of carbonyl (C=O) groups excluding carboxylic acids is 1. The lowest BCUT2D eigenvalue weighted by molar-refractivity contribution is 0.0729. The molecule has 4 N–H and O–H groups in total. The molecule has 3 heterocycles. The summed E-state index contributed by atoms with van der Waals surface area (Å²) in [5.74, 6) is -0.478. The van der Waals surface area contributed by atoms with Crippen LogP contribution in [0, 0.1) is 0 Å². The van der Waals surface area contributed by atoms with Crippen LogP contribution in [0.15, 0.2) is 36.4 Å². The van der Waals surface area contributed by atoms with Crippen LogP contribution in [0.2, 0.25) is 10.0 Å². The van der Waals surface area contributed by atoms with Crippen molar-refractivity contribution in [3.05, 3.63) is 63.4 Å². The molecule has 0 fully saturated rings. The highest BCUT2D eigenvalue weighted by Gasteiger charge is 2.28. The lowest BCUT2D eigenvalue weighted by Crippen LogP contribution is -2.36. The molecule has 9 heteroatoms. The molecule has 1 aliphatic heterocycles. The van der Waals surface area contributed by atoms with Gasteiger partial charge in [-0.05, 0) is 30.3 Å². The van der Waals surface area contributed by atoms with E-state index in [1.165, 1.54) is 12.1 Å². The molecule has 152 valence electrons. The number of rotatable bonds is 2. The Hall–Kier alpha value is -3.16. The minimum atomic E-state index is -0.210. The van der Waals surface area contributed by atoms with Crippen molar-refractivity contribution in [1.29, 1.82) is 0 Å². The standard InChI is InChI=1S/C21H16Cl2N4O3/c22-11-1-2-15-10(5-11)6-17(24-15)21(30)27-4-3-16-13(9-27)20(26-25-16)12-7-14(23)19(29)8-18(12)28/h1-2,5-8,24,28-29H,3-4,9H2,(H,25,26). The van der Waals surface area contributed by atoms with E-state index in [1.807, 2.05) is 12.1 Å². The quantitative estimate of drug-likeness (QED) is 0.367. The molecular weight excluding hydrogens is 427 g/mol. The van der Waals surface area contributed by atoms with Crippen molar-refractivity contribution in [3.63, 3.8) is 0 Å². The maximum absolute atomic E-state index is 13.1. The van der Waals surface area contributed by atoms with Crippen molar-refractivity contribution in [2.75, 3.05) is 6.54 Å². The molecule has 4 aromatic rings. The van der Waals surface area contributed by atoms with Crippen molar-refractivity contribution < 1.29 is 15.0 Å². The van der Waals surface area contributed by atoms with Gasteiger partial charge in [-0.1, -0.05) is 23.2 Å². The lowest BCUT2D eigenvalue weighted by atomic mass is 10.00. The summed E-state index contributed by atoms with van der Waals surface area (Å²) in [5.41, 5.74) is 3.94. The number of nitrogens with zero attached hydrogens (tertiary/aromatic N) is 2. The summed E-state index contributed by atoms with van der Waals surface area (Å²) in [4.78, 5) is 18.0. The zero-order valence-electron chi connectivity index (χ0n) is 15.5. The van der Waals surface area contributed by atoms with E-state index in [2.05, 4.69) is 15.2 Å². The summed E-state index contributed by atoms with van der Waals surface area (Å²) in [7, 11) is 0. The van der Waals surface area contributed by atoms with Crippen LogP contribution in [0.4, 0.5) is 0 Å². The number of aromatic hydroxyl groups is 2. The second-order valence-electron chi connectivity index (χ2n) is 7.24. The highest BCUT2D eigenvalue weighted by Crippen LogP contribution is 2.39. The number of carbonyl (C=O) groups is 1. The number of halogens is 2. The third kappa shape index (κ3) is 3.07. The van der Waals surface area contributed by atoms with E-state index in [0.29, 0.717) is 41.5 Å². The minimum absolute atomic E-state index is 0.111. The fourth-order valence-corrected chi connectivity index (χ4v) is 4.16. The Bertz CT molecular complexity index is 1310. The van der Waals surface area contributed by atoms with Crippen LogP contribution < -0.4 is 0 Å². The van der Waals surface area contributed by atoms with Gasteiger partial charge in [0.2, 0.25) is 0 Å². The number of H-pyrrole nitrogens is 2. The van der Waals surface area contributed by atoms with Crippen LogP contribution in [0.25, 0.3) is 22.2 Å². The Morgan fingerprint density at radius 1 is 1.10 bits per heavy atom. The molecule has 0 saturated carbocycles. The monoisotopic (exact) mass is 442 g/mol. The smallest absolute Gasteiger partial charge is 0.270 e. The van der Waals surface area contributed by atoms with Gasteiger partial charge >= 0.3 is 0 Å². The van der Waals surface area contributed by atoms with E-state index in [4.69, 9.17) is 23.2 Å². The van der Waals surface area contributed by atoms with Gasteiger partial charge in [-0.25, -0.2) is 0 Å². The number of fused-ring (bicyclic) bond motifs is 2. The number of hydrogen-bond acceptors (Lipinski definition) is 4. The first-order valence-corrected chi connectivity index (χ1v) is 10.0. The molecular formula is C21H16Cl2N4O3. The summed E-state index contributed by atoms with van der Waals surface area (Å²) in [6.07, 6.45) is 0.604. The largest absolute Gasteiger partial charge is 0.507 e. The molecule has 30 heavy (non-hydrogen) atoms. The molecule has 0 spiro atoms. The first kappa shape index (κ1) is 18.8. The number of nitrogens with one attached hydrogen (secondary N) is 2. The Kier molecular flexibility index (Phi) is 4.38. The van der Waals surface area contributed by atoms with Gasteiger partial charge in [0.05, 0.1) is 11.6 Å². The Labute approximate surface area is 180 Å². The van der Waals surface area contributed by atoms with Crippen molar-refractivity contribution in [1.82, 2.24) is 20.1 Å². The first-order valence-electron chi connectivity index (χ1n) is 9.26. The molecule has 1 amide bonds. The maximum atomic E-state index is 13.1. The number of phenolic OH excluding ortho intramolecular Hbond substituents is 2. The van der Waals surface area contributed by atoms with E-state index in [-0.39, 0.29) is 22.4 Å². The van der Waals surface area contributed by atoms with Crippen molar-refractivity contribution in [2.24, 2.45) is 0 Å². The molecule has 0 aliphatic carbocycles. The number of benzene rings is 2. The van der Waals surface area contributed by atoms with E-state index in [0.717, 1.165) is 22.2 Å². The van der Waals surface area contributed by atoms with Gasteiger partial charge in [-0.3, -0.25) is 9.89 Å². The van der Waals surface area contributed by atoms with E-state index in [9.17, 15) is 15.0 Å². The highest BCUT2D eigenvalue weighted by molar-refractivity contribution is 6.32. The topological polar surface area (TPSA) is 105 Å². The van der Waals surface area contributed by atoms with Gasteiger partial charge in [0.15, 0.2) is 0 Å². The zero-order chi connectivity index (χ0) is 21.0. The number of amides is 1. The number of aromatic nitrogens is 3. The van der Waals surface area contributed by atoms with Crippen molar-refractivity contribution in [3.8, 4) is 22.8 Å². The molecule has 0 saturated heterocycles. The van der Waals surface area contributed by atoms with Crippen LogP contribution in [0.5, 0.6) is 11.5 Å². The van der Waals surface area contributed by atoms with E-state index in [1.54, 1.807) is 17.0 Å². The van der Waals surface area contributed by atoms with Crippen LogP contribution in [0.1, 0.15) is 21.7 Å². The van der Waals surface area contributed by atoms with Gasteiger partial charge in [0, 0.05) is 51.8 Å². The Morgan fingerprint density at radius 3 is 2.77 bits per heavy atom. The summed E-state index contributed by atoms with van der Waals surface area (Å²) in [5, 5.41) is 28.9. The first-order chi connectivity index (χ1) is 14.4. The van der Waals surface area contributed by atoms with Gasteiger partial charge in [0.1, 0.15) is 22.9 Å². The third-order valence-electron chi connectivity index (χ3n) is 5.35. The van der Waals surface area contributed by atoms with Crippen LogP contribution >= 0.6 is 23.2 Å². The zero-order valence-corrected chi connectivity index (χ0v) is 17.1.